The van der Waals surface area contributed by atoms with Gasteiger partial charge in [0.15, 0.2) is 0 Å². The van der Waals surface area contributed by atoms with Gasteiger partial charge in [-0.25, -0.2) is 12.7 Å². The van der Waals surface area contributed by atoms with Crippen molar-refractivity contribution in [3.63, 3.8) is 0 Å². The maximum absolute atomic E-state index is 14.0. The number of hydrogen-bond acceptors (Lipinski definition) is 3. The largest absolute Gasteiger partial charge is 0.327 e. The van der Waals surface area contributed by atoms with E-state index in [0.717, 1.165) is 32.5 Å². The first-order valence-electron chi connectivity index (χ1n) is 11.3. The summed E-state index contributed by atoms with van der Waals surface area (Å²) in [6, 6.07) is 22.9. The van der Waals surface area contributed by atoms with Crippen LogP contribution in [0.3, 0.4) is 0 Å². The third-order valence-corrected chi connectivity index (χ3v) is 8.38. The van der Waals surface area contributed by atoms with Gasteiger partial charge < -0.3 is 4.90 Å². The minimum Gasteiger partial charge on any atom is -0.327 e. The van der Waals surface area contributed by atoms with E-state index in [1.54, 1.807) is 18.3 Å². The van der Waals surface area contributed by atoms with Crippen LogP contribution in [-0.4, -0.2) is 18.8 Å². The van der Waals surface area contributed by atoms with E-state index in [2.05, 4.69) is 52.0 Å². The molecule has 0 saturated heterocycles. The van der Waals surface area contributed by atoms with E-state index in [1.807, 2.05) is 73.7 Å². The van der Waals surface area contributed by atoms with Gasteiger partial charge in [-0.3, -0.25) is 0 Å². The Kier molecular flexibility index (Phi) is 6.26. The summed E-state index contributed by atoms with van der Waals surface area (Å²) in [5.74, 6) is 0. The summed E-state index contributed by atoms with van der Waals surface area (Å²) in [6.45, 7) is 4.00. The van der Waals surface area contributed by atoms with E-state index in [1.165, 1.54) is 4.31 Å². The first-order valence-corrected chi connectivity index (χ1v) is 13.6. The molecule has 0 spiro atoms. The summed E-state index contributed by atoms with van der Waals surface area (Å²) in [7, 11) is -3.84. The zero-order valence-corrected chi connectivity index (χ0v) is 21.9. The molecule has 4 nitrogen and oxygen atoms in total. The summed E-state index contributed by atoms with van der Waals surface area (Å²) in [6.07, 6.45) is 11.4. The van der Waals surface area contributed by atoms with Crippen molar-refractivity contribution in [2.75, 3.05) is 4.90 Å². The highest BCUT2D eigenvalue weighted by molar-refractivity contribution is 9.10. The monoisotopic (exact) mass is 544 g/mol. The predicted molar refractivity (Wildman–Crippen MR) is 146 cm³/mol. The molecule has 6 heteroatoms. The van der Waals surface area contributed by atoms with E-state index < -0.39 is 10.0 Å². The fourth-order valence-electron chi connectivity index (χ4n) is 4.28. The Morgan fingerprint density at radius 2 is 1.40 bits per heavy atom. The maximum Gasteiger partial charge on any atom is 0.267 e. The highest BCUT2D eigenvalue weighted by Crippen LogP contribution is 2.40. The predicted octanol–water partition coefficient (Wildman–Crippen LogP) is 6.95. The van der Waals surface area contributed by atoms with Crippen LogP contribution in [0.2, 0.25) is 0 Å². The molecule has 0 radical (unpaired) electrons. The topological polar surface area (TPSA) is 40.6 Å². The molecule has 0 saturated carbocycles. The van der Waals surface area contributed by atoms with E-state index in [4.69, 9.17) is 0 Å². The van der Waals surface area contributed by atoms with Gasteiger partial charge in [-0.15, -0.1) is 0 Å². The van der Waals surface area contributed by atoms with Gasteiger partial charge in [0, 0.05) is 16.4 Å². The van der Waals surface area contributed by atoms with Crippen LogP contribution in [-0.2, 0) is 10.0 Å². The van der Waals surface area contributed by atoms with Crippen molar-refractivity contribution in [3.05, 3.63) is 136 Å². The van der Waals surface area contributed by atoms with Crippen molar-refractivity contribution in [1.82, 2.24) is 4.31 Å². The summed E-state index contributed by atoms with van der Waals surface area (Å²) in [5, 5.41) is 0. The second-order valence-corrected chi connectivity index (χ2v) is 11.4. The zero-order valence-electron chi connectivity index (χ0n) is 19.5. The molecule has 2 aliphatic rings. The average molecular weight is 546 g/mol. The third-order valence-electron chi connectivity index (χ3n) is 6.15. The molecule has 1 aliphatic heterocycles. The minimum atomic E-state index is -3.84. The van der Waals surface area contributed by atoms with Crippen LogP contribution < -0.4 is 4.90 Å². The minimum absolute atomic E-state index is 0.259. The number of sulfonamides is 1. The molecular formula is C29H25BrN2O2S. The fourth-order valence-corrected chi connectivity index (χ4v) is 5.93. The fraction of sp³-hybridized carbons (Fsp3) is 0.103. The SMILES string of the molecule is Cc1ccc(N2C(c3ccc(Br)cc3)=CN(S(=O)(=O)c3ccc(C)cc3)C3=CC=CC=CC32)cc1. The first-order chi connectivity index (χ1) is 16.8. The Balaban J connectivity index is 1.76. The molecule has 1 unspecified atom stereocenters. The highest BCUT2D eigenvalue weighted by atomic mass is 79.9. The second kappa shape index (κ2) is 9.36. The quantitative estimate of drug-likeness (QED) is 0.356. The molecule has 5 rings (SSSR count). The Morgan fingerprint density at radius 1 is 0.771 bits per heavy atom. The van der Waals surface area contributed by atoms with Gasteiger partial charge in [0.25, 0.3) is 10.0 Å². The Morgan fingerprint density at radius 3 is 2.06 bits per heavy atom. The van der Waals surface area contributed by atoms with Crippen LogP contribution in [0.5, 0.6) is 0 Å². The normalized spacial score (nSPS) is 17.5. The lowest BCUT2D eigenvalue weighted by Crippen LogP contribution is -2.45. The van der Waals surface area contributed by atoms with E-state index in [0.29, 0.717) is 5.70 Å². The molecule has 3 aromatic carbocycles. The molecule has 176 valence electrons. The molecule has 1 atom stereocenters. The molecule has 0 bridgehead atoms. The molecule has 1 aliphatic carbocycles. The molecule has 0 N–H and O–H groups in total. The van der Waals surface area contributed by atoms with Gasteiger partial charge in [0.2, 0.25) is 0 Å². The highest BCUT2D eigenvalue weighted by Gasteiger charge is 2.38. The van der Waals surface area contributed by atoms with Crippen molar-refractivity contribution < 1.29 is 8.42 Å². The van der Waals surface area contributed by atoms with Gasteiger partial charge in [0.05, 0.1) is 22.3 Å². The van der Waals surface area contributed by atoms with Crippen LogP contribution in [0.25, 0.3) is 5.70 Å². The number of rotatable bonds is 4. The number of halogens is 1. The zero-order chi connectivity index (χ0) is 24.6. The smallest absolute Gasteiger partial charge is 0.267 e. The molecule has 3 aromatic rings. The van der Waals surface area contributed by atoms with E-state index >= 15 is 0 Å². The number of nitrogens with zero attached hydrogens (tertiary/aromatic N) is 2. The van der Waals surface area contributed by atoms with Gasteiger partial charge in [0.1, 0.15) is 0 Å². The van der Waals surface area contributed by atoms with Gasteiger partial charge in [-0.1, -0.05) is 87.8 Å². The summed E-state index contributed by atoms with van der Waals surface area (Å²) < 4.78 is 30.3. The molecule has 0 amide bonds. The molecule has 0 fully saturated rings. The van der Waals surface area contributed by atoms with Gasteiger partial charge in [-0.2, -0.15) is 0 Å². The lowest BCUT2D eigenvalue weighted by Gasteiger charge is -2.43. The number of anilines is 1. The van der Waals surface area contributed by atoms with Crippen molar-refractivity contribution >= 4 is 37.3 Å². The lowest BCUT2D eigenvalue weighted by molar-refractivity contribution is 0.522. The Hall–Kier alpha value is -3.35. The number of hydrogen-bond donors (Lipinski definition) is 0. The maximum atomic E-state index is 14.0. The van der Waals surface area contributed by atoms with Crippen LogP contribution >= 0.6 is 15.9 Å². The van der Waals surface area contributed by atoms with Crippen molar-refractivity contribution in [1.29, 1.82) is 0 Å². The number of aryl methyl sites for hydroxylation is 2. The lowest BCUT2D eigenvalue weighted by atomic mass is 10.0. The van der Waals surface area contributed by atoms with Crippen LogP contribution in [0.1, 0.15) is 16.7 Å². The van der Waals surface area contributed by atoms with Gasteiger partial charge in [-0.05, 0) is 61.9 Å². The first kappa shape index (κ1) is 23.4. The number of allylic oxidation sites excluding steroid dienone is 4. The molecule has 35 heavy (non-hydrogen) atoms. The van der Waals surface area contributed by atoms with E-state index in [9.17, 15) is 8.42 Å². The van der Waals surface area contributed by atoms with Crippen molar-refractivity contribution in [2.45, 2.75) is 24.8 Å². The van der Waals surface area contributed by atoms with E-state index in [-0.39, 0.29) is 10.9 Å². The van der Waals surface area contributed by atoms with Crippen LogP contribution in [0, 0.1) is 13.8 Å². The standard InChI is InChI=1S/C29H25BrN2O2S/c1-21-8-16-25(17-9-21)32-28-7-5-3-4-6-27(28)31(20-29(32)23-12-14-24(30)15-13-23)35(33,34)26-18-10-22(2)11-19-26/h3-20,28H,1-2H3. The number of fused-ring (bicyclic) bond motifs is 1. The second-order valence-electron chi connectivity index (χ2n) is 8.65. The molecule has 0 aromatic heterocycles. The molecular weight excluding hydrogens is 520 g/mol. The average Bonchev–Trinajstić information content (AvgIpc) is 3.10. The van der Waals surface area contributed by atoms with Crippen molar-refractivity contribution in [2.24, 2.45) is 0 Å². The van der Waals surface area contributed by atoms with Crippen LogP contribution in [0.4, 0.5) is 5.69 Å². The summed E-state index contributed by atoms with van der Waals surface area (Å²) >= 11 is 3.52. The summed E-state index contributed by atoms with van der Waals surface area (Å²) in [4.78, 5) is 2.45. The van der Waals surface area contributed by atoms with Gasteiger partial charge >= 0.3 is 0 Å². The molecule has 1 heterocycles. The third kappa shape index (κ3) is 4.51. The van der Waals surface area contributed by atoms with Crippen LogP contribution in [0.15, 0.2) is 124 Å². The number of benzene rings is 3. The Labute approximate surface area is 215 Å². The summed E-state index contributed by atoms with van der Waals surface area (Å²) in [5.41, 5.74) is 5.54. The Bertz CT molecular complexity index is 1470. The van der Waals surface area contributed by atoms with Crippen molar-refractivity contribution in [3.8, 4) is 0 Å².